The van der Waals surface area contributed by atoms with E-state index in [0.717, 1.165) is 11.0 Å². The fraction of sp³-hybridized carbons (Fsp3) is 0.0769. The number of phenols is 1. The molecule has 1 unspecified atom stereocenters. The number of anilines is 1. The van der Waals surface area contributed by atoms with Crippen LogP contribution in [0.1, 0.15) is 22.2 Å². The van der Waals surface area contributed by atoms with E-state index in [1.165, 1.54) is 61.7 Å². The lowest BCUT2D eigenvalue weighted by atomic mass is 9.94. The van der Waals surface area contributed by atoms with Crippen molar-refractivity contribution in [2.45, 2.75) is 6.04 Å². The van der Waals surface area contributed by atoms with E-state index in [4.69, 9.17) is 20.8 Å². The third-order valence-corrected chi connectivity index (χ3v) is 5.96. The van der Waals surface area contributed by atoms with Gasteiger partial charge in [0.2, 0.25) is 5.78 Å². The number of methoxy groups -OCH3 is 1. The summed E-state index contributed by atoms with van der Waals surface area (Å²) in [5.74, 6) is -2.89. The minimum Gasteiger partial charge on any atom is -0.508 e. The molecule has 1 amide bonds. The van der Waals surface area contributed by atoms with Crippen molar-refractivity contribution in [1.29, 1.82) is 0 Å². The SMILES string of the molecule is COc1cc(Cl)cc2cc(C(=O)C3=C(O)C(=O)N(c4cccc(F)c4)C3c3ccc(O)cc3)oc12. The van der Waals surface area contributed by atoms with Crippen LogP contribution in [0.2, 0.25) is 5.02 Å². The Morgan fingerprint density at radius 3 is 2.51 bits per heavy atom. The maximum absolute atomic E-state index is 14.0. The van der Waals surface area contributed by atoms with Crippen LogP contribution < -0.4 is 9.64 Å². The Bertz CT molecular complexity index is 1520. The number of phenolic OH excluding ortho intramolecular Hbond substituents is 1. The molecule has 35 heavy (non-hydrogen) atoms. The Hall–Kier alpha value is -4.30. The molecule has 0 radical (unpaired) electrons. The first-order valence-electron chi connectivity index (χ1n) is 10.4. The molecule has 176 valence electrons. The van der Waals surface area contributed by atoms with Crippen LogP contribution in [-0.2, 0) is 4.79 Å². The number of amides is 1. The van der Waals surface area contributed by atoms with Crippen molar-refractivity contribution >= 4 is 39.9 Å². The molecule has 2 N–H and O–H groups in total. The highest BCUT2D eigenvalue weighted by Crippen LogP contribution is 2.43. The molecule has 5 rings (SSSR count). The van der Waals surface area contributed by atoms with Crippen LogP contribution in [0.4, 0.5) is 10.1 Å². The summed E-state index contributed by atoms with van der Waals surface area (Å²) >= 11 is 6.12. The van der Waals surface area contributed by atoms with Crippen molar-refractivity contribution in [3.05, 3.63) is 100 Å². The van der Waals surface area contributed by atoms with Crippen molar-refractivity contribution in [3.63, 3.8) is 0 Å². The number of halogens is 2. The molecule has 1 aromatic heterocycles. The van der Waals surface area contributed by atoms with Crippen LogP contribution in [0.3, 0.4) is 0 Å². The number of Topliss-reactive ketones (excluding diaryl/α,β-unsaturated/α-hetero) is 1. The number of aliphatic hydroxyl groups excluding tert-OH is 1. The fourth-order valence-corrected chi connectivity index (χ4v) is 4.40. The number of ketones is 1. The number of ether oxygens (including phenoxy) is 1. The molecule has 0 saturated heterocycles. The highest BCUT2D eigenvalue weighted by molar-refractivity contribution is 6.31. The average molecular weight is 494 g/mol. The molecule has 4 aromatic rings. The van der Waals surface area contributed by atoms with E-state index in [0.29, 0.717) is 21.7 Å². The highest BCUT2D eigenvalue weighted by Gasteiger charge is 2.45. The second-order valence-electron chi connectivity index (χ2n) is 7.88. The summed E-state index contributed by atoms with van der Waals surface area (Å²) in [5, 5.41) is 21.4. The van der Waals surface area contributed by atoms with E-state index in [-0.39, 0.29) is 28.4 Å². The van der Waals surface area contributed by atoms with E-state index in [2.05, 4.69) is 0 Å². The summed E-state index contributed by atoms with van der Waals surface area (Å²) in [6.07, 6.45) is 0. The average Bonchev–Trinajstić information content (AvgIpc) is 3.37. The zero-order valence-electron chi connectivity index (χ0n) is 18.2. The summed E-state index contributed by atoms with van der Waals surface area (Å²) in [4.78, 5) is 27.9. The maximum atomic E-state index is 14.0. The number of rotatable bonds is 5. The molecule has 9 heteroatoms. The van der Waals surface area contributed by atoms with Gasteiger partial charge in [-0.2, -0.15) is 0 Å². The van der Waals surface area contributed by atoms with E-state index in [9.17, 15) is 24.2 Å². The number of furan rings is 1. The van der Waals surface area contributed by atoms with Crippen LogP contribution in [0.15, 0.2) is 82.5 Å². The maximum Gasteiger partial charge on any atom is 0.294 e. The summed E-state index contributed by atoms with van der Waals surface area (Å²) in [6.45, 7) is 0. The second kappa shape index (κ2) is 8.48. The lowest BCUT2D eigenvalue weighted by Gasteiger charge is -2.26. The van der Waals surface area contributed by atoms with Crippen LogP contribution in [0.25, 0.3) is 11.0 Å². The van der Waals surface area contributed by atoms with E-state index in [1.807, 2.05) is 0 Å². The Morgan fingerprint density at radius 1 is 1.09 bits per heavy atom. The molecule has 1 atom stereocenters. The molecule has 0 saturated carbocycles. The predicted octanol–water partition coefficient (Wildman–Crippen LogP) is 5.72. The van der Waals surface area contributed by atoms with Gasteiger partial charge in [0.15, 0.2) is 22.9 Å². The molecule has 1 aliphatic heterocycles. The molecular weight excluding hydrogens is 477 g/mol. The smallest absolute Gasteiger partial charge is 0.294 e. The first-order chi connectivity index (χ1) is 16.8. The third-order valence-electron chi connectivity index (χ3n) is 5.74. The topological polar surface area (TPSA) is 100 Å². The molecular formula is C26H17ClFNO6. The Balaban J connectivity index is 1.67. The minimum absolute atomic E-state index is 0.0299. The molecule has 7 nitrogen and oxygen atoms in total. The number of benzene rings is 3. The number of carbonyl (C=O) groups is 2. The molecule has 0 fully saturated rings. The van der Waals surface area contributed by atoms with Gasteiger partial charge in [-0.15, -0.1) is 0 Å². The Labute approximate surface area is 203 Å². The number of fused-ring (bicyclic) bond motifs is 1. The lowest BCUT2D eigenvalue weighted by Crippen LogP contribution is -2.31. The van der Waals surface area contributed by atoms with Gasteiger partial charge in [-0.3, -0.25) is 14.5 Å². The number of nitrogens with zero attached hydrogens (tertiary/aromatic N) is 1. The molecule has 2 heterocycles. The van der Waals surface area contributed by atoms with E-state index >= 15 is 0 Å². The summed E-state index contributed by atoms with van der Waals surface area (Å²) in [5.41, 5.74) is 0.562. The van der Waals surface area contributed by atoms with Crippen molar-refractivity contribution in [2.75, 3.05) is 12.0 Å². The van der Waals surface area contributed by atoms with Crippen molar-refractivity contribution in [1.82, 2.24) is 0 Å². The lowest BCUT2D eigenvalue weighted by molar-refractivity contribution is -0.117. The number of hydrogen-bond donors (Lipinski definition) is 2. The second-order valence-corrected chi connectivity index (χ2v) is 8.31. The molecule has 0 aliphatic carbocycles. The summed E-state index contributed by atoms with van der Waals surface area (Å²) in [7, 11) is 1.43. The van der Waals surface area contributed by atoms with Crippen molar-refractivity contribution in [2.24, 2.45) is 0 Å². The normalized spacial score (nSPS) is 15.8. The molecule has 0 bridgehead atoms. The predicted molar refractivity (Wildman–Crippen MR) is 126 cm³/mol. The molecule has 3 aromatic carbocycles. The first kappa shape index (κ1) is 22.5. The van der Waals surface area contributed by atoms with Gasteiger partial charge in [-0.1, -0.05) is 29.8 Å². The van der Waals surface area contributed by atoms with Crippen molar-refractivity contribution in [3.8, 4) is 11.5 Å². The largest absolute Gasteiger partial charge is 0.508 e. The Morgan fingerprint density at radius 2 is 1.83 bits per heavy atom. The summed E-state index contributed by atoms with van der Waals surface area (Å²) in [6, 6.07) is 14.5. The first-order valence-corrected chi connectivity index (χ1v) is 10.8. The van der Waals surface area contributed by atoms with Crippen LogP contribution in [-0.4, -0.2) is 29.0 Å². The molecule has 0 spiro atoms. The van der Waals surface area contributed by atoms with E-state index in [1.54, 1.807) is 6.07 Å². The number of hydrogen-bond acceptors (Lipinski definition) is 6. The minimum atomic E-state index is -1.11. The molecule has 1 aliphatic rings. The monoisotopic (exact) mass is 493 g/mol. The standard InChI is InChI=1S/C26H17ClFNO6/c1-34-20-11-15(27)9-14-10-19(35-25(14)20)23(31)21-22(13-5-7-18(30)8-6-13)29(26(33)24(21)32)17-4-2-3-16(28)12-17/h2-12,22,30,32H,1H3. The van der Waals surface area contributed by atoms with Gasteiger partial charge in [-0.25, -0.2) is 4.39 Å². The fourth-order valence-electron chi connectivity index (χ4n) is 4.18. The van der Waals surface area contributed by atoms with Gasteiger partial charge >= 0.3 is 0 Å². The van der Waals surface area contributed by atoms with Gasteiger partial charge in [0.1, 0.15) is 11.6 Å². The number of aliphatic hydroxyl groups is 1. The van der Waals surface area contributed by atoms with Gasteiger partial charge < -0.3 is 19.4 Å². The van der Waals surface area contributed by atoms with E-state index < -0.39 is 29.3 Å². The zero-order chi connectivity index (χ0) is 24.9. The van der Waals surface area contributed by atoms with Crippen molar-refractivity contribution < 1.29 is 33.3 Å². The number of aromatic hydroxyl groups is 1. The quantitative estimate of drug-likeness (QED) is 0.345. The van der Waals surface area contributed by atoms with Crippen LogP contribution in [0.5, 0.6) is 11.5 Å². The Kier molecular flexibility index (Phi) is 5.45. The van der Waals surface area contributed by atoms with Crippen LogP contribution in [0, 0.1) is 5.82 Å². The van der Waals surface area contributed by atoms with Gasteiger partial charge in [0.25, 0.3) is 5.91 Å². The van der Waals surface area contributed by atoms with Gasteiger partial charge in [0.05, 0.1) is 18.7 Å². The van der Waals surface area contributed by atoms with Gasteiger partial charge in [0, 0.05) is 22.2 Å². The van der Waals surface area contributed by atoms with Crippen LogP contribution >= 0.6 is 11.6 Å². The third kappa shape index (κ3) is 3.77. The zero-order valence-corrected chi connectivity index (χ0v) is 18.9. The number of carbonyl (C=O) groups excluding carboxylic acids is 2. The summed E-state index contributed by atoms with van der Waals surface area (Å²) < 4.78 is 25.1. The van der Waals surface area contributed by atoms with Gasteiger partial charge in [-0.05, 0) is 48.0 Å². The highest BCUT2D eigenvalue weighted by atomic mass is 35.5.